The van der Waals surface area contributed by atoms with Crippen molar-refractivity contribution in [1.29, 1.82) is 0 Å². The van der Waals surface area contributed by atoms with Crippen molar-refractivity contribution in [2.24, 2.45) is 0 Å². The van der Waals surface area contributed by atoms with Crippen LogP contribution in [0.3, 0.4) is 0 Å². The molecule has 2 aliphatic carbocycles. The van der Waals surface area contributed by atoms with E-state index in [0.717, 1.165) is 72.2 Å². The van der Waals surface area contributed by atoms with E-state index in [2.05, 4.69) is 219 Å². The first-order valence-electron chi connectivity index (χ1n) is 23.2. The maximum atomic E-state index is 6.54. The lowest BCUT2D eigenvalue weighted by Gasteiger charge is -2.29. The van der Waals surface area contributed by atoms with Crippen LogP contribution in [0.15, 0.2) is 199 Å². The zero-order chi connectivity index (χ0) is 44.8. The van der Waals surface area contributed by atoms with Gasteiger partial charge in [-0.1, -0.05) is 167 Å². The third kappa shape index (κ3) is 5.25. The largest absolute Gasteiger partial charge is 0.455 e. The van der Waals surface area contributed by atoms with Gasteiger partial charge < -0.3 is 4.42 Å². The SMILES string of the molecule is CC1(C)c2ccccc2-c2cc3c4ccccc4n(-c4nc(N(c5ccc(-c6cccc7c6oc6ccccc67)cc5)c5cccc6c5-c5ccccc5C6(C)C)c5ccccc5n4)c3cc21. The molecule has 0 spiro atoms. The molecule has 12 aromatic rings. The molecular weight excluding hydrogens is 817 g/mol. The number of rotatable bonds is 5. The molecule has 0 amide bonds. The molecular formula is C62H44N4O. The maximum Gasteiger partial charge on any atom is 0.237 e. The van der Waals surface area contributed by atoms with E-state index in [4.69, 9.17) is 14.4 Å². The van der Waals surface area contributed by atoms with Crippen molar-refractivity contribution >= 4 is 71.8 Å². The van der Waals surface area contributed by atoms with E-state index in [1.807, 2.05) is 12.1 Å². The number of hydrogen-bond acceptors (Lipinski definition) is 4. The molecule has 5 nitrogen and oxygen atoms in total. The lowest BCUT2D eigenvalue weighted by molar-refractivity contribution is 0.660. The molecule has 0 radical (unpaired) electrons. The number of para-hydroxylation sites is 4. The van der Waals surface area contributed by atoms with Crippen LogP contribution in [0, 0.1) is 0 Å². The van der Waals surface area contributed by atoms with Gasteiger partial charge >= 0.3 is 0 Å². The van der Waals surface area contributed by atoms with Crippen molar-refractivity contribution in [2.45, 2.75) is 38.5 Å². The predicted octanol–water partition coefficient (Wildman–Crippen LogP) is 16.4. The fraction of sp³-hybridized carbons (Fsp3) is 0.0968. The van der Waals surface area contributed by atoms with Gasteiger partial charge in [0, 0.05) is 54.6 Å². The Morgan fingerprint density at radius 2 is 1.07 bits per heavy atom. The highest BCUT2D eigenvalue weighted by atomic mass is 16.3. The van der Waals surface area contributed by atoms with Crippen LogP contribution in [0.1, 0.15) is 49.9 Å². The summed E-state index contributed by atoms with van der Waals surface area (Å²) in [6, 6.07) is 70.2. The van der Waals surface area contributed by atoms with E-state index in [1.54, 1.807) is 0 Å². The van der Waals surface area contributed by atoms with Crippen molar-refractivity contribution in [3.05, 3.63) is 216 Å². The molecule has 2 aliphatic rings. The summed E-state index contributed by atoms with van der Waals surface area (Å²) < 4.78 is 8.83. The van der Waals surface area contributed by atoms with Crippen molar-refractivity contribution in [1.82, 2.24) is 14.5 Å². The summed E-state index contributed by atoms with van der Waals surface area (Å²) >= 11 is 0. The van der Waals surface area contributed by atoms with Gasteiger partial charge in [0.1, 0.15) is 11.2 Å². The number of nitrogens with zero attached hydrogens (tertiary/aromatic N) is 4. The van der Waals surface area contributed by atoms with Crippen LogP contribution >= 0.6 is 0 Å². The number of aromatic nitrogens is 3. The average Bonchev–Trinajstić information content (AvgIpc) is 4.05. The Balaban J connectivity index is 1.03. The maximum absolute atomic E-state index is 6.54. The zero-order valence-corrected chi connectivity index (χ0v) is 37.7. The molecule has 0 aliphatic heterocycles. The quantitative estimate of drug-likeness (QED) is 0.173. The molecule has 318 valence electrons. The van der Waals surface area contributed by atoms with Crippen LogP contribution in [0.25, 0.3) is 94.0 Å². The molecule has 0 saturated heterocycles. The highest BCUT2D eigenvalue weighted by Crippen LogP contribution is 2.55. The Bertz CT molecular complexity index is 4060. The second kappa shape index (κ2) is 13.6. The minimum Gasteiger partial charge on any atom is -0.455 e. The molecule has 14 rings (SSSR count). The lowest BCUT2D eigenvalue weighted by Crippen LogP contribution is -2.17. The molecule has 0 N–H and O–H groups in total. The van der Waals surface area contributed by atoms with Crippen LogP contribution in [0.2, 0.25) is 0 Å². The zero-order valence-electron chi connectivity index (χ0n) is 37.7. The Labute approximate surface area is 388 Å². The van der Waals surface area contributed by atoms with E-state index in [-0.39, 0.29) is 10.8 Å². The number of benzene rings is 9. The first-order valence-corrected chi connectivity index (χ1v) is 23.2. The minimum atomic E-state index is -0.196. The second-order valence-electron chi connectivity index (χ2n) is 19.3. The molecule has 3 aromatic heterocycles. The highest BCUT2D eigenvalue weighted by Gasteiger charge is 2.39. The molecule has 0 fully saturated rings. The Hall–Kier alpha value is -8.28. The van der Waals surface area contributed by atoms with Crippen molar-refractivity contribution in [3.8, 4) is 39.3 Å². The summed E-state index contributed by atoms with van der Waals surface area (Å²) in [4.78, 5) is 13.6. The van der Waals surface area contributed by atoms with Crippen LogP contribution < -0.4 is 4.90 Å². The van der Waals surface area contributed by atoms with Gasteiger partial charge in [0.05, 0.1) is 22.2 Å². The monoisotopic (exact) mass is 860 g/mol. The van der Waals surface area contributed by atoms with Crippen LogP contribution in [-0.4, -0.2) is 14.5 Å². The predicted molar refractivity (Wildman–Crippen MR) is 276 cm³/mol. The van der Waals surface area contributed by atoms with Crippen molar-refractivity contribution in [2.75, 3.05) is 4.90 Å². The summed E-state index contributed by atoms with van der Waals surface area (Å²) in [6.45, 7) is 9.38. The lowest BCUT2D eigenvalue weighted by atomic mass is 9.82. The average molecular weight is 861 g/mol. The molecule has 3 heterocycles. The number of hydrogen-bond donors (Lipinski definition) is 0. The van der Waals surface area contributed by atoms with E-state index in [9.17, 15) is 0 Å². The van der Waals surface area contributed by atoms with E-state index in [1.165, 1.54) is 55.3 Å². The van der Waals surface area contributed by atoms with E-state index in [0.29, 0.717) is 5.95 Å². The van der Waals surface area contributed by atoms with E-state index >= 15 is 0 Å². The molecule has 67 heavy (non-hydrogen) atoms. The van der Waals surface area contributed by atoms with Gasteiger partial charge in [-0.15, -0.1) is 0 Å². The van der Waals surface area contributed by atoms with Gasteiger partial charge in [0.2, 0.25) is 5.95 Å². The normalized spacial score (nSPS) is 14.2. The third-order valence-corrected chi connectivity index (χ3v) is 15.0. The highest BCUT2D eigenvalue weighted by molar-refractivity contribution is 6.12. The standard InChI is InChI=1S/C62H44N4O/c1-61(2)49-25-11-6-20-44(49)57-50(61)26-16-29-54(57)65(38-33-31-37(32-34-38)39-22-15-23-43-42-19-9-14-30-56(42)67-58(39)43)59-45-21-7-12-27-52(45)63-60(64-59)66-53-28-13-8-18-41(53)47-35-46-40-17-5-10-24-48(40)62(3,4)51(46)36-55(47)66/h5-36H,1-4H3. The molecule has 0 saturated carbocycles. The summed E-state index contributed by atoms with van der Waals surface area (Å²) in [7, 11) is 0. The Morgan fingerprint density at radius 3 is 1.91 bits per heavy atom. The molecule has 5 heteroatoms. The number of furan rings is 1. The minimum absolute atomic E-state index is 0.173. The van der Waals surface area contributed by atoms with Gasteiger partial charge in [-0.05, 0) is 99.1 Å². The molecule has 0 unspecified atom stereocenters. The topological polar surface area (TPSA) is 47.1 Å². The smallest absolute Gasteiger partial charge is 0.237 e. The summed E-state index contributed by atoms with van der Waals surface area (Å²) in [6.07, 6.45) is 0. The second-order valence-corrected chi connectivity index (χ2v) is 19.3. The van der Waals surface area contributed by atoms with Crippen LogP contribution in [0.4, 0.5) is 17.2 Å². The fourth-order valence-electron chi connectivity index (χ4n) is 11.8. The first-order chi connectivity index (χ1) is 32.8. The van der Waals surface area contributed by atoms with Gasteiger partial charge in [-0.2, -0.15) is 4.98 Å². The van der Waals surface area contributed by atoms with Gasteiger partial charge in [0.25, 0.3) is 0 Å². The van der Waals surface area contributed by atoms with Gasteiger partial charge in [0.15, 0.2) is 5.82 Å². The third-order valence-electron chi connectivity index (χ3n) is 15.0. The van der Waals surface area contributed by atoms with Crippen LogP contribution in [0.5, 0.6) is 0 Å². The van der Waals surface area contributed by atoms with E-state index < -0.39 is 0 Å². The van der Waals surface area contributed by atoms with Gasteiger partial charge in [-0.3, -0.25) is 9.47 Å². The molecule has 0 bridgehead atoms. The number of anilines is 3. The van der Waals surface area contributed by atoms with Crippen LogP contribution in [-0.2, 0) is 10.8 Å². The Morgan fingerprint density at radius 1 is 0.448 bits per heavy atom. The summed E-state index contributed by atoms with van der Waals surface area (Å²) in [5.74, 6) is 1.43. The summed E-state index contributed by atoms with van der Waals surface area (Å²) in [5, 5.41) is 5.56. The first kappa shape index (κ1) is 38.0. The van der Waals surface area contributed by atoms with Crippen molar-refractivity contribution in [3.63, 3.8) is 0 Å². The molecule has 0 atom stereocenters. The molecule has 9 aromatic carbocycles. The van der Waals surface area contributed by atoms with Gasteiger partial charge in [-0.25, -0.2) is 4.98 Å². The number of fused-ring (bicyclic) bond motifs is 13. The Kier molecular flexibility index (Phi) is 7.74. The fourth-order valence-corrected chi connectivity index (χ4v) is 11.8. The van der Waals surface area contributed by atoms with Crippen molar-refractivity contribution < 1.29 is 4.42 Å². The summed E-state index contributed by atoms with van der Waals surface area (Å²) in [5.41, 5.74) is 19.0.